The lowest BCUT2D eigenvalue weighted by Gasteiger charge is -2.09. The third-order valence-electron chi connectivity index (χ3n) is 6.66. The number of carbonyl (C=O) groups excluding carboxylic acids is 2. The van der Waals surface area contributed by atoms with Crippen LogP contribution >= 0.6 is 39.1 Å². The van der Waals surface area contributed by atoms with Gasteiger partial charge in [0.05, 0.1) is 21.4 Å². The minimum atomic E-state index is -0.713. The summed E-state index contributed by atoms with van der Waals surface area (Å²) in [5.74, 6) is -2.90. The molecule has 0 radical (unpaired) electrons. The van der Waals surface area contributed by atoms with E-state index >= 15 is 0 Å². The smallest absolute Gasteiger partial charge is 0.194 e. The first-order valence-electron chi connectivity index (χ1n) is 14.3. The number of hydrogen-bond donors (Lipinski definition) is 2. The van der Waals surface area contributed by atoms with Gasteiger partial charge in [-0.15, -0.1) is 0 Å². The quantitative estimate of drug-likeness (QED) is 0.101. The number of nitrogen functional groups attached to an aromatic ring is 1. The molecule has 0 heterocycles. The van der Waals surface area contributed by atoms with E-state index < -0.39 is 23.3 Å². The molecule has 0 unspecified atom stereocenters. The van der Waals surface area contributed by atoms with Gasteiger partial charge in [0.1, 0.15) is 23.3 Å². The molecule has 6 aromatic rings. The summed E-state index contributed by atoms with van der Waals surface area (Å²) in [7, 11) is 0. The van der Waals surface area contributed by atoms with Crippen molar-refractivity contribution in [2.24, 2.45) is 0 Å². The minimum Gasteiger partial charge on any atom is -0.396 e. The molecule has 0 spiro atoms. The van der Waals surface area contributed by atoms with Crippen LogP contribution in [0.1, 0.15) is 31.8 Å². The second-order valence-corrected chi connectivity index (χ2v) is 11.8. The first-order valence-corrected chi connectivity index (χ1v) is 15.8. The molecule has 0 aliphatic carbocycles. The van der Waals surface area contributed by atoms with E-state index in [1.165, 1.54) is 18.2 Å². The maximum atomic E-state index is 13.6. The molecule has 11 heteroatoms. The zero-order chi connectivity index (χ0) is 35.5. The Bertz CT molecular complexity index is 2080. The molecule has 0 aliphatic heterocycles. The van der Waals surface area contributed by atoms with Gasteiger partial charge in [-0.3, -0.25) is 9.59 Å². The monoisotopic (exact) mass is 766 g/mol. The number of rotatable bonds is 6. The first kappa shape index (κ1) is 36.9. The molecule has 248 valence electrons. The molecule has 0 aliphatic rings. The van der Waals surface area contributed by atoms with Crippen LogP contribution in [0.25, 0.3) is 0 Å². The number of nitrogens with one attached hydrogen (secondary N) is 1. The van der Waals surface area contributed by atoms with Crippen molar-refractivity contribution < 1.29 is 27.2 Å². The number of ketones is 2. The van der Waals surface area contributed by atoms with Crippen LogP contribution in [-0.4, -0.2) is 11.6 Å². The summed E-state index contributed by atoms with van der Waals surface area (Å²) in [4.78, 5) is 24.5. The Morgan fingerprint density at radius 2 is 1.02 bits per heavy atom. The van der Waals surface area contributed by atoms with Crippen molar-refractivity contribution in [3.05, 3.63) is 194 Å². The number of anilines is 3. The van der Waals surface area contributed by atoms with Crippen LogP contribution in [0.4, 0.5) is 34.6 Å². The average Bonchev–Trinajstić information content (AvgIpc) is 3.09. The highest BCUT2D eigenvalue weighted by Gasteiger charge is 2.13. The Hall–Kier alpha value is -4.96. The van der Waals surface area contributed by atoms with Crippen molar-refractivity contribution in [3.63, 3.8) is 0 Å². The number of nitrogens with two attached hydrogens (primary N) is 1. The van der Waals surface area contributed by atoms with Gasteiger partial charge < -0.3 is 11.1 Å². The summed E-state index contributed by atoms with van der Waals surface area (Å²) in [5.41, 5.74) is 7.81. The summed E-state index contributed by atoms with van der Waals surface area (Å²) in [6.45, 7) is 0. The van der Waals surface area contributed by atoms with E-state index in [1.807, 2.05) is 12.1 Å². The van der Waals surface area contributed by atoms with Gasteiger partial charge in [0.2, 0.25) is 0 Å². The van der Waals surface area contributed by atoms with Gasteiger partial charge in [-0.2, -0.15) is 0 Å². The lowest BCUT2D eigenvalue weighted by atomic mass is 10.0. The highest BCUT2D eigenvalue weighted by molar-refractivity contribution is 9.10. The maximum absolute atomic E-state index is 13.6. The molecule has 0 saturated carbocycles. The molecule has 3 N–H and O–H groups in total. The van der Waals surface area contributed by atoms with Gasteiger partial charge in [-0.05, 0) is 97.1 Å². The SMILES string of the molecule is Nc1ccc(F)cc1F.O=C(c1ccc(Br)cc1)c1ccccc1Cl.O=C(c1ccc(Nc2ccc(F)cc2F)cc1)c1ccccc1Cl. The zero-order valence-electron chi connectivity index (χ0n) is 25.2. The van der Waals surface area contributed by atoms with Crippen LogP contribution in [0, 0.1) is 23.3 Å². The largest absolute Gasteiger partial charge is 0.396 e. The molecule has 0 amide bonds. The molecule has 4 nitrogen and oxygen atoms in total. The third kappa shape index (κ3) is 10.5. The summed E-state index contributed by atoms with van der Waals surface area (Å²) < 4.78 is 51.8. The van der Waals surface area contributed by atoms with Crippen molar-refractivity contribution in [3.8, 4) is 0 Å². The molecule has 6 rings (SSSR count). The van der Waals surface area contributed by atoms with Gasteiger partial charge in [0, 0.05) is 44.5 Å². The number of carbonyl (C=O) groups is 2. The molecule has 0 bridgehead atoms. The predicted molar refractivity (Wildman–Crippen MR) is 191 cm³/mol. The molecule has 0 fully saturated rings. The van der Waals surface area contributed by atoms with Crippen LogP contribution in [0.15, 0.2) is 138 Å². The minimum absolute atomic E-state index is 0.0311. The Balaban J connectivity index is 0.000000185. The van der Waals surface area contributed by atoms with Crippen molar-refractivity contribution in [1.82, 2.24) is 0 Å². The van der Waals surface area contributed by atoms with E-state index in [4.69, 9.17) is 28.9 Å². The highest BCUT2D eigenvalue weighted by Crippen LogP contribution is 2.24. The van der Waals surface area contributed by atoms with Crippen LogP contribution in [0.2, 0.25) is 10.0 Å². The van der Waals surface area contributed by atoms with Crippen molar-refractivity contribution >= 4 is 67.8 Å². The second kappa shape index (κ2) is 17.4. The van der Waals surface area contributed by atoms with Crippen molar-refractivity contribution in [1.29, 1.82) is 0 Å². The van der Waals surface area contributed by atoms with Gasteiger partial charge in [0.15, 0.2) is 11.6 Å². The number of hydrogen-bond acceptors (Lipinski definition) is 4. The molecule has 0 aromatic heterocycles. The van der Waals surface area contributed by atoms with E-state index in [9.17, 15) is 27.2 Å². The van der Waals surface area contributed by atoms with E-state index in [0.29, 0.717) is 38.0 Å². The topological polar surface area (TPSA) is 72.2 Å². The Kier molecular flexibility index (Phi) is 13.1. The number of benzene rings is 6. The van der Waals surface area contributed by atoms with E-state index in [2.05, 4.69) is 21.2 Å². The van der Waals surface area contributed by atoms with E-state index in [1.54, 1.807) is 84.9 Å². The fourth-order valence-electron chi connectivity index (χ4n) is 4.16. The summed E-state index contributed by atoms with van der Waals surface area (Å²) in [5, 5.41) is 3.71. The Morgan fingerprint density at radius 3 is 1.47 bits per heavy atom. The van der Waals surface area contributed by atoms with Crippen LogP contribution < -0.4 is 11.1 Å². The van der Waals surface area contributed by atoms with Crippen molar-refractivity contribution in [2.45, 2.75) is 0 Å². The van der Waals surface area contributed by atoms with Crippen LogP contribution in [0.5, 0.6) is 0 Å². The Morgan fingerprint density at radius 1 is 0.571 bits per heavy atom. The fraction of sp³-hybridized carbons (Fsp3) is 0. The summed E-state index contributed by atoms with van der Waals surface area (Å²) in [6, 6.07) is 33.9. The lowest BCUT2D eigenvalue weighted by molar-refractivity contribution is 0.103. The molecule has 0 saturated heterocycles. The number of halogens is 7. The average molecular weight is 768 g/mol. The van der Waals surface area contributed by atoms with Crippen LogP contribution in [0.3, 0.4) is 0 Å². The lowest BCUT2D eigenvalue weighted by Crippen LogP contribution is -2.02. The molecular weight excluding hydrogens is 743 g/mol. The second-order valence-electron chi connectivity index (χ2n) is 10.1. The zero-order valence-corrected chi connectivity index (χ0v) is 28.3. The molecule has 49 heavy (non-hydrogen) atoms. The van der Waals surface area contributed by atoms with Gasteiger partial charge in [-0.1, -0.05) is 63.4 Å². The standard InChI is InChI=1S/C19H12ClF2NO.C13H8BrClO.C6H5F2N/c20-16-4-2-1-3-15(16)19(24)12-5-8-14(9-6-12)23-18-10-7-13(21)11-17(18)22;14-10-7-5-9(6-8-10)13(16)11-3-1-2-4-12(11)15;7-4-1-2-6(9)5(8)3-4/h1-11,23H;1-8H;1-3H,9H2. The first-order chi connectivity index (χ1) is 23.4. The fourth-order valence-corrected chi connectivity index (χ4v) is 4.86. The van der Waals surface area contributed by atoms with E-state index in [-0.39, 0.29) is 22.9 Å². The summed E-state index contributed by atoms with van der Waals surface area (Å²) >= 11 is 15.3. The molecule has 0 atom stereocenters. The van der Waals surface area contributed by atoms with Gasteiger partial charge >= 0.3 is 0 Å². The van der Waals surface area contributed by atoms with Gasteiger partial charge in [-0.25, -0.2) is 17.6 Å². The summed E-state index contributed by atoms with van der Waals surface area (Å²) in [6.07, 6.45) is 0. The maximum Gasteiger partial charge on any atom is 0.194 e. The van der Waals surface area contributed by atoms with Crippen molar-refractivity contribution in [2.75, 3.05) is 11.1 Å². The normalized spacial score (nSPS) is 10.2. The Labute approximate surface area is 298 Å². The van der Waals surface area contributed by atoms with Gasteiger partial charge in [0.25, 0.3) is 0 Å². The third-order valence-corrected chi connectivity index (χ3v) is 7.85. The van der Waals surface area contributed by atoms with Crippen LogP contribution in [-0.2, 0) is 0 Å². The molecule has 6 aromatic carbocycles. The highest BCUT2D eigenvalue weighted by atomic mass is 79.9. The predicted octanol–water partition coefficient (Wildman–Crippen LogP) is 11.5. The van der Waals surface area contributed by atoms with E-state index in [0.717, 1.165) is 22.7 Å². The molecular formula is C38H25BrCl2F4N2O2.